The number of rotatable bonds is 7. The number of nitrogens with zero attached hydrogens (tertiary/aromatic N) is 2. The Morgan fingerprint density at radius 1 is 1.31 bits per heavy atom. The van der Waals surface area contributed by atoms with E-state index in [1.54, 1.807) is 23.5 Å². The SMILES string of the molecule is CCNC(=NCCc1ncc(C)s1)NCCc1c[nH]c2ccc(F)cc12. The van der Waals surface area contributed by atoms with Crippen molar-refractivity contribution >= 4 is 28.2 Å². The summed E-state index contributed by atoms with van der Waals surface area (Å²) < 4.78 is 13.5. The van der Waals surface area contributed by atoms with Crippen LogP contribution in [0.2, 0.25) is 0 Å². The van der Waals surface area contributed by atoms with Gasteiger partial charge in [-0.25, -0.2) is 9.37 Å². The molecule has 5 nitrogen and oxygen atoms in total. The molecule has 0 radical (unpaired) electrons. The fourth-order valence-electron chi connectivity index (χ4n) is 2.80. The normalized spacial score (nSPS) is 11.9. The van der Waals surface area contributed by atoms with Gasteiger partial charge in [0.15, 0.2) is 5.96 Å². The van der Waals surface area contributed by atoms with E-state index in [-0.39, 0.29) is 5.82 Å². The lowest BCUT2D eigenvalue weighted by atomic mass is 10.1. The van der Waals surface area contributed by atoms with Gasteiger partial charge in [0.1, 0.15) is 5.82 Å². The maximum Gasteiger partial charge on any atom is 0.191 e. The van der Waals surface area contributed by atoms with Crippen molar-refractivity contribution < 1.29 is 4.39 Å². The number of aryl methyl sites for hydroxylation is 1. The summed E-state index contributed by atoms with van der Waals surface area (Å²) in [5.74, 6) is 0.588. The monoisotopic (exact) mass is 373 g/mol. The predicted molar refractivity (Wildman–Crippen MR) is 106 cm³/mol. The van der Waals surface area contributed by atoms with Crippen LogP contribution in [0.1, 0.15) is 22.4 Å². The standard InChI is InChI=1S/C19H24FN5S/c1-3-21-19(23-9-7-18-25-11-13(2)26-18)22-8-6-14-12-24-17-5-4-15(20)10-16(14)17/h4-5,10-12,24H,3,6-9H2,1-2H3,(H2,21,22,23). The smallest absolute Gasteiger partial charge is 0.191 e. The van der Waals surface area contributed by atoms with Crippen LogP contribution in [0.3, 0.4) is 0 Å². The van der Waals surface area contributed by atoms with E-state index in [1.807, 2.05) is 19.3 Å². The van der Waals surface area contributed by atoms with E-state index in [9.17, 15) is 4.39 Å². The molecule has 0 saturated carbocycles. The third-order valence-corrected chi connectivity index (χ3v) is 5.00. The molecule has 2 heterocycles. The zero-order chi connectivity index (χ0) is 18.4. The first kappa shape index (κ1) is 18.4. The number of thiazole rings is 1. The number of fused-ring (bicyclic) bond motifs is 1. The quantitative estimate of drug-likeness (QED) is 0.439. The van der Waals surface area contributed by atoms with Gasteiger partial charge in [0, 0.05) is 54.2 Å². The summed E-state index contributed by atoms with van der Waals surface area (Å²) in [6, 6.07) is 4.82. The van der Waals surface area contributed by atoms with Gasteiger partial charge in [-0.3, -0.25) is 4.99 Å². The topological polar surface area (TPSA) is 65.1 Å². The highest BCUT2D eigenvalue weighted by atomic mass is 32.1. The lowest BCUT2D eigenvalue weighted by molar-refractivity contribution is 0.629. The van der Waals surface area contributed by atoms with Crippen LogP contribution in [0.4, 0.5) is 4.39 Å². The number of aliphatic imine (C=N–C) groups is 1. The Morgan fingerprint density at radius 3 is 2.96 bits per heavy atom. The van der Waals surface area contributed by atoms with Crippen LogP contribution < -0.4 is 10.6 Å². The molecule has 0 aliphatic rings. The Balaban J connectivity index is 1.54. The molecule has 0 bridgehead atoms. The van der Waals surface area contributed by atoms with Crippen molar-refractivity contribution in [1.29, 1.82) is 0 Å². The van der Waals surface area contributed by atoms with Gasteiger partial charge in [0.25, 0.3) is 0 Å². The van der Waals surface area contributed by atoms with E-state index in [0.717, 1.165) is 53.4 Å². The molecule has 3 N–H and O–H groups in total. The van der Waals surface area contributed by atoms with Gasteiger partial charge in [0.05, 0.1) is 5.01 Å². The molecule has 0 amide bonds. The minimum absolute atomic E-state index is 0.210. The molecule has 3 aromatic rings. The summed E-state index contributed by atoms with van der Waals surface area (Å²) in [5, 5.41) is 8.65. The number of aromatic amines is 1. The van der Waals surface area contributed by atoms with Crippen molar-refractivity contribution in [1.82, 2.24) is 20.6 Å². The molecule has 7 heteroatoms. The van der Waals surface area contributed by atoms with Crippen LogP contribution in [0.15, 0.2) is 35.6 Å². The summed E-state index contributed by atoms with van der Waals surface area (Å²) in [6.07, 6.45) is 5.48. The molecule has 0 aliphatic carbocycles. The molecule has 0 saturated heterocycles. The Bertz CT molecular complexity index is 883. The second kappa shape index (κ2) is 8.80. The van der Waals surface area contributed by atoms with Crippen LogP contribution in [-0.4, -0.2) is 35.6 Å². The van der Waals surface area contributed by atoms with Gasteiger partial charge in [-0.15, -0.1) is 11.3 Å². The highest BCUT2D eigenvalue weighted by Crippen LogP contribution is 2.19. The highest BCUT2D eigenvalue weighted by Gasteiger charge is 2.05. The van der Waals surface area contributed by atoms with Crippen LogP contribution in [-0.2, 0) is 12.8 Å². The van der Waals surface area contributed by atoms with Gasteiger partial charge in [-0.2, -0.15) is 0 Å². The van der Waals surface area contributed by atoms with Crippen LogP contribution in [0, 0.1) is 12.7 Å². The Kier molecular flexibility index (Phi) is 6.22. The molecule has 26 heavy (non-hydrogen) atoms. The highest BCUT2D eigenvalue weighted by molar-refractivity contribution is 7.11. The summed E-state index contributed by atoms with van der Waals surface area (Å²) in [6.45, 7) is 6.34. The second-order valence-corrected chi connectivity index (χ2v) is 7.38. The maximum atomic E-state index is 13.5. The van der Waals surface area contributed by atoms with Crippen molar-refractivity contribution in [3.8, 4) is 0 Å². The van der Waals surface area contributed by atoms with Gasteiger partial charge in [0.2, 0.25) is 0 Å². The van der Waals surface area contributed by atoms with Crippen molar-refractivity contribution in [2.24, 2.45) is 4.99 Å². The molecule has 0 unspecified atom stereocenters. The lowest BCUT2D eigenvalue weighted by Crippen LogP contribution is -2.38. The Labute approximate surface area is 156 Å². The largest absolute Gasteiger partial charge is 0.361 e. The third kappa shape index (κ3) is 4.82. The average Bonchev–Trinajstić information content (AvgIpc) is 3.21. The molecular formula is C19H24FN5S. The van der Waals surface area contributed by atoms with Crippen LogP contribution in [0.5, 0.6) is 0 Å². The minimum atomic E-state index is -0.210. The summed E-state index contributed by atoms with van der Waals surface area (Å²) in [7, 11) is 0. The van der Waals surface area contributed by atoms with E-state index < -0.39 is 0 Å². The van der Waals surface area contributed by atoms with Crippen molar-refractivity contribution in [3.05, 3.63) is 51.9 Å². The molecule has 0 atom stereocenters. The van der Waals surface area contributed by atoms with E-state index >= 15 is 0 Å². The summed E-state index contributed by atoms with van der Waals surface area (Å²) >= 11 is 1.72. The van der Waals surface area contributed by atoms with Crippen molar-refractivity contribution in [3.63, 3.8) is 0 Å². The number of aromatic nitrogens is 2. The third-order valence-electron chi connectivity index (χ3n) is 4.03. The van der Waals surface area contributed by atoms with Crippen LogP contribution in [0.25, 0.3) is 10.9 Å². The zero-order valence-electron chi connectivity index (χ0n) is 15.1. The molecule has 0 spiro atoms. The zero-order valence-corrected chi connectivity index (χ0v) is 15.9. The number of guanidine groups is 1. The van der Waals surface area contributed by atoms with Crippen molar-refractivity contribution in [2.45, 2.75) is 26.7 Å². The molecule has 3 rings (SSSR count). The van der Waals surface area contributed by atoms with E-state index in [4.69, 9.17) is 0 Å². The first-order chi connectivity index (χ1) is 12.7. The van der Waals surface area contributed by atoms with E-state index in [0.29, 0.717) is 6.54 Å². The van der Waals surface area contributed by atoms with E-state index in [1.165, 1.54) is 10.9 Å². The molecule has 1 aromatic carbocycles. The number of hydrogen-bond donors (Lipinski definition) is 3. The van der Waals surface area contributed by atoms with Crippen molar-refractivity contribution in [2.75, 3.05) is 19.6 Å². The summed E-state index contributed by atoms with van der Waals surface area (Å²) in [4.78, 5) is 13.4. The predicted octanol–water partition coefficient (Wildman–Crippen LogP) is 3.41. The second-order valence-electron chi connectivity index (χ2n) is 6.06. The first-order valence-corrected chi connectivity index (χ1v) is 9.66. The first-order valence-electron chi connectivity index (χ1n) is 8.84. The number of H-pyrrole nitrogens is 1. The number of halogens is 1. The minimum Gasteiger partial charge on any atom is -0.361 e. The van der Waals surface area contributed by atoms with Gasteiger partial charge < -0.3 is 15.6 Å². The molecule has 0 aliphatic heterocycles. The summed E-state index contributed by atoms with van der Waals surface area (Å²) in [5.41, 5.74) is 2.06. The molecule has 2 aromatic heterocycles. The van der Waals surface area contributed by atoms with Crippen LogP contribution >= 0.6 is 11.3 Å². The maximum absolute atomic E-state index is 13.5. The number of hydrogen-bond acceptors (Lipinski definition) is 3. The Morgan fingerprint density at radius 2 is 2.19 bits per heavy atom. The number of benzene rings is 1. The Hall–Kier alpha value is -2.41. The van der Waals surface area contributed by atoms with Gasteiger partial charge in [-0.1, -0.05) is 0 Å². The molecular weight excluding hydrogens is 349 g/mol. The fourth-order valence-corrected chi connectivity index (χ4v) is 3.57. The van der Waals surface area contributed by atoms with Gasteiger partial charge in [-0.05, 0) is 44.0 Å². The van der Waals surface area contributed by atoms with E-state index in [2.05, 4.69) is 32.5 Å². The number of nitrogens with one attached hydrogen (secondary N) is 3. The molecule has 138 valence electrons. The van der Waals surface area contributed by atoms with Gasteiger partial charge >= 0.3 is 0 Å². The molecule has 0 fully saturated rings. The average molecular weight is 374 g/mol. The lowest BCUT2D eigenvalue weighted by Gasteiger charge is -2.11. The fraction of sp³-hybridized carbons (Fsp3) is 0.368.